The lowest BCUT2D eigenvalue weighted by atomic mass is 10.2. The van der Waals surface area contributed by atoms with Crippen molar-refractivity contribution < 1.29 is 23.2 Å². The van der Waals surface area contributed by atoms with Crippen LogP contribution in [-0.4, -0.2) is 43.2 Å². The van der Waals surface area contributed by atoms with Gasteiger partial charge in [-0.3, -0.25) is 10.1 Å². The standard InChI is InChI=1S/C16H17N3O6S/c1-11-4-6-13(7-5-11)26(23,24)18(2)17-10-12-8-14(19(21)22)16(20)15(9-12)25-3/h4-10,20H,1-3H3/b17-10+. The molecule has 0 aliphatic rings. The number of aryl methyl sites for hydroxylation is 1. The average molecular weight is 379 g/mol. The lowest BCUT2D eigenvalue weighted by Gasteiger charge is -2.13. The van der Waals surface area contributed by atoms with Gasteiger partial charge in [0.05, 0.1) is 23.1 Å². The number of ether oxygens (including phenoxy) is 1. The molecule has 0 heterocycles. The zero-order valence-corrected chi connectivity index (χ0v) is 15.1. The first-order chi connectivity index (χ1) is 12.2. The summed E-state index contributed by atoms with van der Waals surface area (Å²) in [6.07, 6.45) is 1.13. The van der Waals surface area contributed by atoms with E-state index in [0.29, 0.717) is 0 Å². The molecule has 138 valence electrons. The highest BCUT2D eigenvalue weighted by Gasteiger charge is 2.21. The summed E-state index contributed by atoms with van der Waals surface area (Å²) in [5.74, 6) is -0.736. The monoisotopic (exact) mass is 379 g/mol. The molecule has 26 heavy (non-hydrogen) atoms. The summed E-state index contributed by atoms with van der Waals surface area (Å²) in [6.45, 7) is 1.84. The van der Waals surface area contributed by atoms with Gasteiger partial charge < -0.3 is 9.84 Å². The number of benzene rings is 2. The van der Waals surface area contributed by atoms with E-state index in [9.17, 15) is 23.6 Å². The minimum Gasteiger partial charge on any atom is -0.500 e. The van der Waals surface area contributed by atoms with E-state index in [1.54, 1.807) is 12.1 Å². The van der Waals surface area contributed by atoms with E-state index in [4.69, 9.17) is 4.74 Å². The lowest BCUT2D eigenvalue weighted by Crippen LogP contribution is -2.21. The molecule has 0 aliphatic carbocycles. The number of nitrogens with zero attached hydrogens (tertiary/aromatic N) is 3. The van der Waals surface area contributed by atoms with Crippen LogP contribution in [0.2, 0.25) is 0 Å². The fourth-order valence-corrected chi connectivity index (χ4v) is 3.01. The molecule has 10 heteroatoms. The number of methoxy groups -OCH3 is 1. The number of sulfonamides is 1. The SMILES string of the molecule is COc1cc(/C=N/N(C)S(=O)(=O)c2ccc(C)cc2)cc([N+](=O)[O-])c1O. The predicted octanol–water partition coefficient (Wildman–Crippen LogP) is 2.27. The van der Waals surface area contributed by atoms with Crippen LogP contribution in [0.15, 0.2) is 46.4 Å². The van der Waals surface area contributed by atoms with Crippen molar-refractivity contribution in [2.75, 3.05) is 14.2 Å². The van der Waals surface area contributed by atoms with Crippen molar-refractivity contribution in [2.45, 2.75) is 11.8 Å². The number of rotatable bonds is 6. The summed E-state index contributed by atoms with van der Waals surface area (Å²) in [4.78, 5) is 10.3. The maximum absolute atomic E-state index is 12.5. The molecule has 0 aromatic heterocycles. The van der Waals surface area contributed by atoms with Crippen molar-refractivity contribution >= 4 is 21.9 Å². The number of nitro groups is 1. The van der Waals surface area contributed by atoms with Crippen molar-refractivity contribution in [3.8, 4) is 11.5 Å². The maximum atomic E-state index is 12.5. The van der Waals surface area contributed by atoms with E-state index >= 15 is 0 Å². The summed E-state index contributed by atoms with van der Waals surface area (Å²) < 4.78 is 30.5. The van der Waals surface area contributed by atoms with Crippen molar-refractivity contribution in [1.29, 1.82) is 0 Å². The number of aromatic hydroxyl groups is 1. The second-order valence-corrected chi connectivity index (χ2v) is 7.29. The second-order valence-electron chi connectivity index (χ2n) is 5.34. The summed E-state index contributed by atoms with van der Waals surface area (Å²) in [7, 11) is -1.36. The van der Waals surface area contributed by atoms with Crippen LogP contribution in [0.1, 0.15) is 11.1 Å². The molecule has 0 bridgehead atoms. The summed E-state index contributed by atoms with van der Waals surface area (Å²) in [5, 5.41) is 24.6. The molecule has 0 aliphatic heterocycles. The molecule has 2 aromatic rings. The molecule has 0 spiro atoms. The number of phenols is 1. The van der Waals surface area contributed by atoms with Crippen LogP contribution >= 0.6 is 0 Å². The van der Waals surface area contributed by atoms with Gasteiger partial charge in [0.15, 0.2) is 5.75 Å². The van der Waals surface area contributed by atoms with E-state index < -0.39 is 26.4 Å². The van der Waals surface area contributed by atoms with Gasteiger partial charge in [-0.15, -0.1) is 0 Å². The van der Waals surface area contributed by atoms with Gasteiger partial charge in [-0.1, -0.05) is 17.7 Å². The van der Waals surface area contributed by atoms with Crippen molar-refractivity contribution in [3.05, 3.63) is 57.6 Å². The third-order valence-electron chi connectivity index (χ3n) is 3.53. The summed E-state index contributed by atoms with van der Waals surface area (Å²) in [5.41, 5.74) is 0.533. The topological polar surface area (TPSA) is 122 Å². The molecular weight excluding hydrogens is 362 g/mol. The molecule has 2 aromatic carbocycles. The zero-order chi connectivity index (χ0) is 19.5. The van der Waals surface area contributed by atoms with E-state index in [0.717, 1.165) is 22.3 Å². The van der Waals surface area contributed by atoms with Gasteiger partial charge in [0.2, 0.25) is 5.75 Å². The maximum Gasteiger partial charge on any atom is 0.315 e. The molecule has 0 radical (unpaired) electrons. The Morgan fingerprint density at radius 1 is 1.27 bits per heavy atom. The molecule has 0 fully saturated rings. The van der Waals surface area contributed by atoms with Crippen LogP contribution in [0.5, 0.6) is 11.5 Å². The smallest absolute Gasteiger partial charge is 0.315 e. The highest BCUT2D eigenvalue weighted by molar-refractivity contribution is 7.89. The number of phenolic OH excluding ortho intramolecular Hbond substituents is 1. The minimum atomic E-state index is -3.86. The molecule has 1 N–H and O–H groups in total. The highest BCUT2D eigenvalue weighted by atomic mass is 32.2. The van der Waals surface area contributed by atoms with Crippen molar-refractivity contribution in [1.82, 2.24) is 4.41 Å². The Kier molecular flexibility index (Phi) is 5.46. The van der Waals surface area contributed by atoms with Crippen LogP contribution in [-0.2, 0) is 10.0 Å². The molecule has 0 saturated heterocycles. The zero-order valence-electron chi connectivity index (χ0n) is 14.3. The van der Waals surface area contributed by atoms with Gasteiger partial charge in [-0.2, -0.15) is 17.9 Å². The van der Waals surface area contributed by atoms with Gasteiger partial charge in [-0.25, -0.2) is 0 Å². The molecule has 9 nitrogen and oxygen atoms in total. The number of nitro benzene ring substituents is 1. The Bertz CT molecular complexity index is 955. The Morgan fingerprint density at radius 2 is 1.88 bits per heavy atom. The first-order valence-corrected chi connectivity index (χ1v) is 8.75. The molecule has 2 rings (SSSR count). The van der Waals surface area contributed by atoms with Gasteiger partial charge in [-0.05, 0) is 25.1 Å². The molecular formula is C16H17N3O6S. The summed E-state index contributed by atoms with van der Waals surface area (Å²) >= 11 is 0. The summed E-state index contributed by atoms with van der Waals surface area (Å²) in [6, 6.07) is 8.62. The van der Waals surface area contributed by atoms with Crippen LogP contribution in [0.3, 0.4) is 0 Å². The van der Waals surface area contributed by atoms with Crippen LogP contribution < -0.4 is 4.74 Å². The number of hydrogen-bond donors (Lipinski definition) is 1. The average Bonchev–Trinajstić information content (AvgIpc) is 2.60. The van der Waals surface area contributed by atoms with Crippen LogP contribution in [0.4, 0.5) is 5.69 Å². The van der Waals surface area contributed by atoms with Crippen molar-refractivity contribution in [2.24, 2.45) is 5.10 Å². The van der Waals surface area contributed by atoms with Crippen molar-refractivity contribution in [3.63, 3.8) is 0 Å². The predicted molar refractivity (Wildman–Crippen MR) is 95.0 cm³/mol. The quantitative estimate of drug-likeness (QED) is 0.467. The minimum absolute atomic E-state index is 0.0667. The molecule has 0 unspecified atom stereocenters. The fourth-order valence-electron chi connectivity index (χ4n) is 2.06. The van der Waals surface area contributed by atoms with Gasteiger partial charge in [0.25, 0.3) is 10.0 Å². The Hall–Kier alpha value is -3.14. The second kappa shape index (κ2) is 7.40. The molecule has 0 atom stereocenters. The van der Waals surface area contributed by atoms with Gasteiger partial charge in [0.1, 0.15) is 0 Å². The van der Waals surface area contributed by atoms with Crippen LogP contribution in [0, 0.1) is 17.0 Å². The lowest BCUT2D eigenvalue weighted by molar-refractivity contribution is -0.386. The molecule has 0 saturated carbocycles. The normalized spacial score (nSPS) is 11.5. The van der Waals surface area contributed by atoms with E-state index in [1.807, 2.05) is 6.92 Å². The highest BCUT2D eigenvalue weighted by Crippen LogP contribution is 2.36. The Labute approximate surface area is 150 Å². The van der Waals surface area contributed by atoms with E-state index in [-0.39, 0.29) is 16.2 Å². The largest absolute Gasteiger partial charge is 0.500 e. The number of hydrazone groups is 1. The molecule has 0 amide bonds. The third-order valence-corrected chi connectivity index (χ3v) is 5.19. The Morgan fingerprint density at radius 3 is 2.42 bits per heavy atom. The van der Waals surface area contributed by atoms with Gasteiger partial charge >= 0.3 is 5.69 Å². The fraction of sp³-hybridized carbons (Fsp3) is 0.188. The van der Waals surface area contributed by atoms with Gasteiger partial charge in [0, 0.05) is 18.7 Å². The first kappa shape index (κ1) is 19.2. The third kappa shape index (κ3) is 3.91. The number of hydrogen-bond acceptors (Lipinski definition) is 7. The Balaban J connectivity index is 2.35. The van der Waals surface area contributed by atoms with E-state index in [1.165, 1.54) is 32.4 Å². The first-order valence-electron chi connectivity index (χ1n) is 7.31. The van der Waals surface area contributed by atoms with Crippen LogP contribution in [0.25, 0.3) is 0 Å². The van der Waals surface area contributed by atoms with E-state index in [2.05, 4.69) is 5.10 Å².